The maximum atomic E-state index is 13.5. The van der Waals surface area contributed by atoms with E-state index in [1.807, 2.05) is 24.8 Å². The molecular weight excluding hydrogens is 357 g/mol. The number of halogens is 2. The van der Waals surface area contributed by atoms with Crippen molar-refractivity contribution in [3.8, 4) is 0 Å². The lowest BCUT2D eigenvalue weighted by Crippen LogP contribution is -2.19. The van der Waals surface area contributed by atoms with Gasteiger partial charge in [-0.3, -0.25) is 0 Å². The summed E-state index contributed by atoms with van der Waals surface area (Å²) in [6, 6.07) is 5.92. The Morgan fingerprint density at radius 3 is 3.00 bits per heavy atom. The van der Waals surface area contributed by atoms with E-state index in [0.29, 0.717) is 15.8 Å². The van der Waals surface area contributed by atoms with Crippen molar-refractivity contribution in [2.24, 2.45) is 0 Å². The maximum absolute atomic E-state index is 13.5. The number of aryl methyl sites for hydroxylation is 1. The van der Waals surface area contributed by atoms with Crippen LogP contribution in [0.3, 0.4) is 0 Å². The lowest BCUT2D eigenvalue weighted by molar-refractivity contribution is 0.619. The summed E-state index contributed by atoms with van der Waals surface area (Å²) in [5.41, 5.74) is 3.31. The third-order valence-corrected chi connectivity index (χ3v) is 6.46. The summed E-state index contributed by atoms with van der Waals surface area (Å²) in [4.78, 5) is 0. The summed E-state index contributed by atoms with van der Waals surface area (Å²) in [6.07, 6.45) is 1.09. The fourth-order valence-corrected chi connectivity index (χ4v) is 5.39. The molecule has 0 aliphatic carbocycles. The molecule has 106 valence electrons. The highest BCUT2D eigenvalue weighted by Gasteiger charge is 2.26. The Kier molecular flexibility index (Phi) is 4.11. The molecule has 5 heteroatoms. The van der Waals surface area contributed by atoms with Crippen molar-refractivity contribution in [3.05, 3.63) is 45.0 Å². The summed E-state index contributed by atoms with van der Waals surface area (Å²) >= 11 is 7.02. The van der Waals surface area contributed by atoms with Crippen LogP contribution in [0.1, 0.15) is 30.5 Å². The molecule has 2 heterocycles. The minimum absolute atomic E-state index is 0.211. The predicted molar refractivity (Wildman–Crippen MR) is 89.5 cm³/mol. The monoisotopic (exact) mass is 371 g/mol. The van der Waals surface area contributed by atoms with E-state index in [-0.39, 0.29) is 5.82 Å². The molecule has 1 aliphatic heterocycles. The maximum Gasteiger partial charge on any atom is 0.137 e. The Labute approximate surface area is 135 Å². The Morgan fingerprint density at radius 2 is 2.20 bits per heavy atom. The van der Waals surface area contributed by atoms with Crippen molar-refractivity contribution >= 4 is 44.7 Å². The summed E-state index contributed by atoms with van der Waals surface area (Å²) < 4.78 is 15.4. The van der Waals surface area contributed by atoms with Gasteiger partial charge >= 0.3 is 0 Å². The highest BCUT2D eigenvalue weighted by atomic mass is 79.9. The minimum atomic E-state index is -0.211. The second-order valence-electron chi connectivity index (χ2n) is 5.11. The molecule has 1 nitrogen and oxygen atoms in total. The third-order valence-electron chi connectivity index (χ3n) is 3.51. The van der Waals surface area contributed by atoms with Gasteiger partial charge < -0.3 is 5.32 Å². The molecule has 1 aliphatic rings. The van der Waals surface area contributed by atoms with Crippen molar-refractivity contribution in [3.63, 3.8) is 0 Å². The lowest BCUT2D eigenvalue weighted by Gasteiger charge is -2.29. The molecule has 0 radical (unpaired) electrons. The SMILES string of the molecule is Cc1cc(F)c(Br)cc1NC1C[C@H](C)Sc2sccc21. The molecule has 0 fully saturated rings. The van der Waals surface area contributed by atoms with Crippen LogP contribution in [0.25, 0.3) is 0 Å². The van der Waals surface area contributed by atoms with Gasteiger partial charge in [0, 0.05) is 10.9 Å². The molecule has 2 atom stereocenters. The quantitative estimate of drug-likeness (QED) is 0.694. The number of rotatable bonds is 2. The predicted octanol–water partition coefficient (Wildman–Crippen LogP) is 6.00. The Bertz CT molecular complexity index is 641. The zero-order chi connectivity index (χ0) is 14.3. The molecule has 2 aromatic rings. The number of thioether (sulfide) groups is 1. The molecule has 0 amide bonds. The normalized spacial score (nSPS) is 21.6. The van der Waals surface area contributed by atoms with Crippen LogP contribution in [-0.2, 0) is 0 Å². The third kappa shape index (κ3) is 2.76. The van der Waals surface area contributed by atoms with Crippen LogP contribution >= 0.6 is 39.0 Å². The van der Waals surface area contributed by atoms with Gasteiger partial charge in [-0.15, -0.1) is 23.1 Å². The van der Waals surface area contributed by atoms with E-state index in [9.17, 15) is 4.39 Å². The summed E-state index contributed by atoms with van der Waals surface area (Å²) in [7, 11) is 0. The molecule has 0 spiro atoms. The van der Waals surface area contributed by atoms with E-state index in [2.05, 4.69) is 39.6 Å². The number of benzene rings is 1. The lowest BCUT2D eigenvalue weighted by atomic mass is 10.0. The molecule has 0 bridgehead atoms. The number of hydrogen-bond donors (Lipinski definition) is 1. The van der Waals surface area contributed by atoms with Crippen molar-refractivity contribution in [2.75, 3.05) is 5.32 Å². The molecule has 1 unspecified atom stereocenters. The minimum Gasteiger partial charge on any atom is -0.378 e. The highest BCUT2D eigenvalue weighted by molar-refractivity contribution is 9.10. The average Bonchev–Trinajstić information content (AvgIpc) is 2.84. The first-order chi connectivity index (χ1) is 9.54. The van der Waals surface area contributed by atoms with E-state index < -0.39 is 0 Å². The van der Waals surface area contributed by atoms with Gasteiger partial charge in [0.15, 0.2) is 0 Å². The zero-order valence-electron chi connectivity index (χ0n) is 11.2. The molecule has 0 saturated carbocycles. The fraction of sp³-hybridized carbons (Fsp3) is 0.333. The van der Waals surface area contributed by atoms with E-state index >= 15 is 0 Å². The van der Waals surface area contributed by atoms with E-state index in [0.717, 1.165) is 17.7 Å². The number of anilines is 1. The van der Waals surface area contributed by atoms with Crippen LogP contribution in [0.15, 0.2) is 32.3 Å². The van der Waals surface area contributed by atoms with Gasteiger partial charge in [0.1, 0.15) is 5.82 Å². The molecule has 1 aromatic heterocycles. The Balaban J connectivity index is 1.91. The van der Waals surface area contributed by atoms with Gasteiger partial charge in [0.25, 0.3) is 0 Å². The van der Waals surface area contributed by atoms with Crippen molar-refractivity contribution in [1.82, 2.24) is 0 Å². The van der Waals surface area contributed by atoms with Gasteiger partial charge in [-0.25, -0.2) is 4.39 Å². The van der Waals surface area contributed by atoms with Crippen LogP contribution in [0.2, 0.25) is 0 Å². The molecule has 1 N–H and O–H groups in total. The summed E-state index contributed by atoms with van der Waals surface area (Å²) in [6.45, 7) is 4.20. The van der Waals surface area contributed by atoms with Crippen LogP contribution in [0.5, 0.6) is 0 Å². The Hall–Kier alpha value is -0.520. The van der Waals surface area contributed by atoms with Gasteiger partial charge in [-0.05, 0) is 64.0 Å². The second kappa shape index (κ2) is 5.70. The summed E-state index contributed by atoms with van der Waals surface area (Å²) in [5, 5.41) is 6.34. The average molecular weight is 372 g/mol. The molecule has 0 saturated heterocycles. The van der Waals surface area contributed by atoms with Gasteiger partial charge in [-0.2, -0.15) is 0 Å². The largest absolute Gasteiger partial charge is 0.378 e. The van der Waals surface area contributed by atoms with Crippen molar-refractivity contribution in [2.45, 2.75) is 35.8 Å². The zero-order valence-corrected chi connectivity index (χ0v) is 14.5. The van der Waals surface area contributed by atoms with Crippen molar-refractivity contribution in [1.29, 1.82) is 0 Å². The smallest absolute Gasteiger partial charge is 0.137 e. The standard InChI is InChI=1S/C15H15BrFNS2/c1-8-5-12(17)11(16)7-13(8)18-14-6-9(2)20-15-10(14)3-4-19-15/h3-5,7,9,14,18H,6H2,1-2H3/t9-,14?/m0/s1. The first-order valence-electron chi connectivity index (χ1n) is 6.51. The van der Waals surface area contributed by atoms with Crippen LogP contribution < -0.4 is 5.32 Å². The number of nitrogens with one attached hydrogen (secondary N) is 1. The molecule has 1 aromatic carbocycles. The Morgan fingerprint density at radius 1 is 1.40 bits per heavy atom. The van der Waals surface area contributed by atoms with Crippen molar-refractivity contribution < 1.29 is 4.39 Å². The van der Waals surface area contributed by atoms with E-state index in [4.69, 9.17) is 0 Å². The molecule has 20 heavy (non-hydrogen) atoms. The second-order valence-corrected chi connectivity index (χ2v) is 8.58. The number of thiophene rings is 1. The number of fused-ring (bicyclic) bond motifs is 1. The highest BCUT2D eigenvalue weighted by Crippen LogP contribution is 2.45. The molecular formula is C15H15BrFNS2. The summed E-state index contributed by atoms with van der Waals surface area (Å²) in [5.74, 6) is -0.211. The van der Waals surface area contributed by atoms with Gasteiger partial charge in [0.2, 0.25) is 0 Å². The van der Waals surface area contributed by atoms with Crippen LogP contribution in [0, 0.1) is 12.7 Å². The van der Waals surface area contributed by atoms with Gasteiger partial charge in [-0.1, -0.05) is 6.92 Å². The number of hydrogen-bond acceptors (Lipinski definition) is 3. The van der Waals surface area contributed by atoms with Gasteiger partial charge in [0.05, 0.1) is 14.7 Å². The van der Waals surface area contributed by atoms with E-state index in [1.165, 1.54) is 9.77 Å². The van der Waals surface area contributed by atoms with Crippen LogP contribution in [-0.4, -0.2) is 5.25 Å². The molecule has 3 rings (SSSR count). The first kappa shape index (κ1) is 14.4. The van der Waals surface area contributed by atoms with Crippen LogP contribution in [0.4, 0.5) is 10.1 Å². The van der Waals surface area contributed by atoms with E-state index in [1.54, 1.807) is 17.4 Å². The first-order valence-corrected chi connectivity index (χ1v) is 9.06. The topological polar surface area (TPSA) is 12.0 Å². The fourth-order valence-electron chi connectivity index (χ4n) is 2.48.